The molecule has 0 unspecified atom stereocenters. The SMILES string of the molecule is O=C1CC/C=C/C[C@@H](CC(=O)NCc2ccc(Cl)cc2)C(=O)[B]C[C@@H](c2ccccc2)C1. The summed E-state index contributed by atoms with van der Waals surface area (Å²) >= 11 is 5.90. The van der Waals surface area contributed by atoms with Gasteiger partial charge in [-0.15, -0.1) is 0 Å². The number of allylic oxidation sites excluding steroid dienone is 2. The van der Waals surface area contributed by atoms with Crippen LogP contribution in [-0.4, -0.2) is 24.7 Å². The molecule has 32 heavy (non-hydrogen) atoms. The Bertz CT molecular complexity index is 943. The highest BCUT2D eigenvalue weighted by atomic mass is 35.5. The summed E-state index contributed by atoms with van der Waals surface area (Å²) in [5.74, 6) is -0.358. The molecule has 6 heteroatoms. The fourth-order valence-electron chi connectivity index (χ4n) is 3.89. The Kier molecular flexibility index (Phi) is 9.30. The van der Waals surface area contributed by atoms with Crippen molar-refractivity contribution in [1.29, 1.82) is 0 Å². The Balaban J connectivity index is 1.62. The van der Waals surface area contributed by atoms with Crippen molar-refractivity contribution >= 4 is 36.3 Å². The Morgan fingerprint density at radius 3 is 2.53 bits per heavy atom. The van der Waals surface area contributed by atoms with Crippen molar-refractivity contribution in [2.45, 2.75) is 50.9 Å². The van der Waals surface area contributed by atoms with Gasteiger partial charge in [-0.2, -0.15) is 0 Å². The van der Waals surface area contributed by atoms with Crippen LogP contribution >= 0.6 is 11.6 Å². The summed E-state index contributed by atoms with van der Waals surface area (Å²) in [5.41, 5.74) is 1.98. The van der Waals surface area contributed by atoms with Gasteiger partial charge in [-0.1, -0.05) is 72.5 Å². The molecule has 1 amide bonds. The third-order valence-electron chi connectivity index (χ3n) is 5.76. The largest absolute Gasteiger partial charge is 0.352 e. The average Bonchev–Trinajstić information content (AvgIpc) is 2.80. The third-order valence-corrected chi connectivity index (χ3v) is 6.01. The number of ketones is 1. The van der Waals surface area contributed by atoms with E-state index in [1.807, 2.05) is 54.6 Å². The first-order chi connectivity index (χ1) is 15.5. The van der Waals surface area contributed by atoms with Crippen LogP contribution in [0.2, 0.25) is 11.3 Å². The van der Waals surface area contributed by atoms with Gasteiger partial charge in [0.05, 0.1) is 5.68 Å². The van der Waals surface area contributed by atoms with Crippen LogP contribution in [0.15, 0.2) is 66.7 Å². The predicted molar refractivity (Wildman–Crippen MR) is 129 cm³/mol. The lowest BCUT2D eigenvalue weighted by Crippen LogP contribution is -2.30. The molecule has 0 bridgehead atoms. The molecule has 2 aromatic carbocycles. The second-order valence-corrected chi connectivity index (χ2v) is 8.68. The maximum Gasteiger partial charge on any atom is 0.220 e. The van der Waals surface area contributed by atoms with Crippen molar-refractivity contribution in [3.63, 3.8) is 0 Å². The number of hydrogen-bond acceptors (Lipinski definition) is 3. The Morgan fingerprint density at radius 1 is 1.03 bits per heavy atom. The summed E-state index contributed by atoms with van der Waals surface area (Å²) in [5, 5.41) is 3.55. The van der Waals surface area contributed by atoms with Gasteiger partial charge in [0, 0.05) is 36.7 Å². The van der Waals surface area contributed by atoms with E-state index in [-0.39, 0.29) is 29.7 Å². The van der Waals surface area contributed by atoms with Gasteiger partial charge in [-0.05, 0) is 42.0 Å². The molecule has 2 atom stereocenters. The van der Waals surface area contributed by atoms with Crippen LogP contribution < -0.4 is 5.32 Å². The summed E-state index contributed by atoms with van der Waals surface area (Å²) in [6, 6.07) is 17.2. The highest BCUT2D eigenvalue weighted by Gasteiger charge is 2.24. The number of nitrogens with one attached hydrogen (secondary N) is 1. The molecule has 0 saturated carbocycles. The molecule has 4 nitrogen and oxygen atoms in total. The molecule has 3 rings (SSSR count). The van der Waals surface area contributed by atoms with Gasteiger partial charge < -0.3 is 10.1 Å². The van der Waals surface area contributed by atoms with Crippen LogP contribution in [0, 0.1) is 5.92 Å². The van der Waals surface area contributed by atoms with E-state index in [2.05, 4.69) is 5.32 Å². The molecule has 1 radical (unpaired) electrons. The number of benzene rings is 2. The standard InChI is InChI=1S/C26H28BClNO3/c28-23-13-11-19(12-14-23)18-29-25(31)16-21-9-5-2-6-10-24(30)15-22(17-27-26(21)32)20-7-3-1-4-8-20/h1-5,7-8,11-14,21-22H,6,9-10,15-18H2,(H,29,31)/b5-2+/t21-,22-/m0/s1. The second kappa shape index (κ2) is 12.4. The van der Waals surface area contributed by atoms with Crippen LogP contribution in [0.25, 0.3) is 0 Å². The zero-order valence-corrected chi connectivity index (χ0v) is 18.9. The lowest BCUT2D eigenvalue weighted by atomic mass is 9.59. The zero-order chi connectivity index (χ0) is 22.8. The maximum absolute atomic E-state index is 13.0. The third kappa shape index (κ3) is 7.79. The molecule has 0 fully saturated rings. The molecule has 0 aliphatic carbocycles. The fraction of sp³-hybridized carbons (Fsp3) is 0.346. The lowest BCUT2D eigenvalue weighted by Gasteiger charge is -2.19. The molecule has 1 aliphatic rings. The van der Waals surface area contributed by atoms with Gasteiger partial charge >= 0.3 is 0 Å². The minimum Gasteiger partial charge on any atom is -0.352 e. The maximum atomic E-state index is 13.0. The van der Waals surface area contributed by atoms with Gasteiger partial charge in [0.1, 0.15) is 5.78 Å². The first-order valence-corrected chi connectivity index (χ1v) is 11.5. The van der Waals surface area contributed by atoms with Gasteiger partial charge in [0.15, 0.2) is 0 Å². The van der Waals surface area contributed by atoms with Gasteiger partial charge in [0.2, 0.25) is 13.2 Å². The summed E-state index contributed by atoms with van der Waals surface area (Å²) in [6.07, 6.45) is 6.59. The monoisotopic (exact) mass is 448 g/mol. The molecule has 0 spiro atoms. The number of halogens is 1. The highest BCUT2D eigenvalue weighted by Crippen LogP contribution is 2.26. The highest BCUT2D eigenvalue weighted by molar-refractivity contribution is 6.74. The van der Waals surface area contributed by atoms with Crippen LogP contribution in [0.5, 0.6) is 0 Å². The summed E-state index contributed by atoms with van der Waals surface area (Å²) in [4.78, 5) is 37.9. The molecule has 0 saturated heterocycles. The number of Topliss-reactive ketones (excluding diaryl/α,β-unsaturated/α-hetero) is 1. The van der Waals surface area contributed by atoms with Gasteiger partial charge in [0.25, 0.3) is 0 Å². The molecular formula is C26H28BClNO3. The van der Waals surface area contributed by atoms with Gasteiger partial charge in [-0.25, -0.2) is 0 Å². The summed E-state index contributed by atoms with van der Waals surface area (Å²) in [6.45, 7) is 0.397. The van der Waals surface area contributed by atoms with Crippen molar-refractivity contribution in [2.75, 3.05) is 0 Å². The van der Waals surface area contributed by atoms with E-state index in [4.69, 9.17) is 11.6 Å². The number of amides is 1. The van der Waals surface area contributed by atoms with Crippen LogP contribution in [0.1, 0.15) is 49.1 Å². The normalized spacial score (nSPS) is 21.0. The van der Waals surface area contributed by atoms with Crippen molar-refractivity contribution in [2.24, 2.45) is 5.92 Å². The van der Waals surface area contributed by atoms with E-state index in [1.54, 1.807) is 19.4 Å². The zero-order valence-electron chi connectivity index (χ0n) is 18.1. The first-order valence-electron chi connectivity index (χ1n) is 11.1. The number of carbonyl (C=O) groups excluding carboxylic acids is 3. The van der Waals surface area contributed by atoms with Crippen LogP contribution in [0.3, 0.4) is 0 Å². The van der Waals surface area contributed by atoms with E-state index < -0.39 is 5.92 Å². The minimum atomic E-state index is -0.400. The Labute approximate surface area is 195 Å². The molecule has 165 valence electrons. The molecular weight excluding hydrogens is 421 g/mol. The van der Waals surface area contributed by atoms with Crippen molar-refractivity contribution in [3.8, 4) is 0 Å². The van der Waals surface area contributed by atoms with E-state index in [0.717, 1.165) is 11.1 Å². The molecule has 1 N–H and O–H groups in total. The second-order valence-electron chi connectivity index (χ2n) is 8.24. The number of rotatable bonds is 5. The average molecular weight is 449 g/mol. The molecule has 1 heterocycles. The lowest BCUT2D eigenvalue weighted by molar-refractivity contribution is -0.125. The molecule has 0 aromatic heterocycles. The minimum absolute atomic E-state index is 0.0181. The van der Waals surface area contributed by atoms with Gasteiger partial charge in [-0.3, -0.25) is 9.59 Å². The number of hydrogen-bond donors (Lipinski definition) is 1. The Morgan fingerprint density at radius 2 is 1.78 bits per heavy atom. The summed E-state index contributed by atoms with van der Waals surface area (Å²) in [7, 11) is 1.68. The van der Waals surface area contributed by atoms with Crippen molar-refractivity contribution in [3.05, 3.63) is 82.9 Å². The van der Waals surface area contributed by atoms with Crippen LogP contribution in [-0.2, 0) is 20.9 Å². The predicted octanol–water partition coefficient (Wildman–Crippen LogP) is 5.09. The number of carbonyl (C=O) groups is 3. The van der Waals surface area contributed by atoms with E-state index in [0.29, 0.717) is 43.6 Å². The first kappa shape index (κ1) is 24.0. The van der Waals surface area contributed by atoms with E-state index >= 15 is 0 Å². The van der Waals surface area contributed by atoms with Crippen molar-refractivity contribution < 1.29 is 14.4 Å². The van der Waals surface area contributed by atoms with Crippen LogP contribution in [0.4, 0.5) is 0 Å². The Hall–Kier alpha value is -2.66. The topological polar surface area (TPSA) is 63.2 Å². The smallest absolute Gasteiger partial charge is 0.220 e. The van der Waals surface area contributed by atoms with Crippen molar-refractivity contribution in [1.82, 2.24) is 5.32 Å². The van der Waals surface area contributed by atoms with E-state index in [1.165, 1.54) is 0 Å². The molecule has 2 aromatic rings. The van der Waals surface area contributed by atoms with E-state index in [9.17, 15) is 14.4 Å². The molecule has 1 aliphatic heterocycles. The summed E-state index contributed by atoms with van der Waals surface area (Å²) < 4.78 is 0. The quantitative estimate of drug-likeness (QED) is 0.511. The fourth-order valence-corrected chi connectivity index (χ4v) is 4.01.